The van der Waals surface area contributed by atoms with Crippen LogP contribution in [0, 0.1) is 0 Å². The van der Waals surface area contributed by atoms with Gasteiger partial charge in [0.2, 0.25) is 17.8 Å². The molecule has 10 nitrogen and oxygen atoms in total. The van der Waals surface area contributed by atoms with Gasteiger partial charge in [0, 0.05) is 116 Å². The molecule has 0 saturated heterocycles. The van der Waals surface area contributed by atoms with Crippen LogP contribution in [-0.4, -0.2) is 51.7 Å². The van der Waals surface area contributed by atoms with Crippen LogP contribution in [-0.2, 0) is 0 Å². The summed E-state index contributed by atoms with van der Waals surface area (Å²) in [5.41, 5.74) is 24.1. The Morgan fingerprint density at radius 1 is 0.166 bits per heavy atom. The first-order chi connectivity index (χ1) is 71.9. The number of thiophene rings is 2. The molecule has 9 heterocycles. The van der Waals surface area contributed by atoms with E-state index in [1.54, 1.807) is 0 Å². The summed E-state index contributed by atoms with van der Waals surface area (Å²) in [7, 11) is -2.81. The van der Waals surface area contributed by atoms with E-state index in [2.05, 4.69) is 481 Å². The monoisotopic (exact) mass is 1900 g/mol. The summed E-state index contributed by atoms with van der Waals surface area (Å²) in [6.07, 6.45) is 0. The van der Waals surface area contributed by atoms with E-state index in [4.69, 9.17) is 34.3 Å². The van der Waals surface area contributed by atoms with E-state index in [-0.39, 0.29) is 0 Å². The number of aromatic nitrogens is 9. The molecular formula is C132H83N9OS2Si. The first-order valence-corrected chi connectivity index (χ1v) is 52.6. The van der Waals surface area contributed by atoms with Gasteiger partial charge in [-0.2, -0.15) is 0 Å². The van der Waals surface area contributed by atoms with Crippen molar-refractivity contribution in [3.05, 3.63) is 504 Å². The van der Waals surface area contributed by atoms with Gasteiger partial charge in [-0.05, 0) is 157 Å². The third-order valence-electron chi connectivity index (χ3n) is 28.8. The van der Waals surface area contributed by atoms with E-state index in [1.165, 1.54) is 116 Å². The molecule has 145 heavy (non-hydrogen) atoms. The Morgan fingerprint density at radius 2 is 0.455 bits per heavy atom. The average Bonchev–Trinajstić information content (AvgIpc) is 1.67. The average molecular weight is 1900 g/mol. The zero-order valence-electron chi connectivity index (χ0n) is 78.2. The zero-order chi connectivity index (χ0) is 95.6. The quantitative estimate of drug-likeness (QED) is 0.0836. The molecule has 13 heteroatoms. The molecule has 0 saturated carbocycles. The Labute approximate surface area is 841 Å². The molecule has 0 aliphatic heterocycles. The van der Waals surface area contributed by atoms with E-state index in [9.17, 15) is 0 Å². The third kappa shape index (κ3) is 14.4. The minimum Gasteiger partial charge on any atom is -0.456 e. The predicted octanol–water partition coefficient (Wildman–Crippen LogP) is 32.2. The second-order valence-corrected chi connectivity index (χ2v) is 43.0. The Balaban J connectivity index is 0.000000106. The van der Waals surface area contributed by atoms with Crippen LogP contribution in [0.3, 0.4) is 0 Å². The van der Waals surface area contributed by atoms with Crippen LogP contribution < -0.4 is 20.7 Å². The highest BCUT2D eigenvalue weighted by Gasteiger charge is 2.42. The lowest BCUT2D eigenvalue weighted by Crippen LogP contribution is -2.74. The lowest BCUT2D eigenvalue weighted by atomic mass is 10.0. The number of para-hydroxylation sites is 4. The topological polar surface area (TPSA) is 105 Å². The van der Waals surface area contributed by atoms with Crippen LogP contribution in [0.15, 0.2) is 508 Å². The smallest absolute Gasteiger partial charge is 0.235 e. The molecule has 30 aromatic rings. The normalized spacial score (nSPS) is 11.9. The van der Waals surface area contributed by atoms with Gasteiger partial charge in [-0.15, -0.1) is 22.7 Å². The molecule has 0 unspecified atom stereocenters. The van der Waals surface area contributed by atoms with Crippen molar-refractivity contribution < 1.29 is 4.42 Å². The summed E-state index contributed by atoms with van der Waals surface area (Å²) >= 11 is 3.70. The summed E-state index contributed by atoms with van der Waals surface area (Å²) < 4.78 is 18.5. The minimum atomic E-state index is -2.81. The molecule has 0 N–H and O–H groups in total. The molecule has 678 valence electrons. The molecule has 21 aromatic carbocycles. The van der Waals surface area contributed by atoms with Crippen LogP contribution >= 0.6 is 22.7 Å². The number of hydrogen-bond acceptors (Lipinski definition) is 9. The molecular weight excluding hydrogens is 1820 g/mol. The molecule has 0 spiro atoms. The van der Waals surface area contributed by atoms with E-state index in [0.29, 0.717) is 17.8 Å². The fraction of sp³-hybridized carbons (Fsp3) is 0. The molecule has 0 atom stereocenters. The van der Waals surface area contributed by atoms with Crippen molar-refractivity contribution in [1.29, 1.82) is 0 Å². The molecule has 0 fully saturated rings. The zero-order valence-corrected chi connectivity index (χ0v) is 80.8. The highest BCUT2D eigenvalue weighted by atomic mass is 32.1. The third-order valence-corrected chi connectivity index (χ3v) is 35.8. The molecule has 0 aliphatic carbocycles. The van der Waals surface area contributed by atoms with Gasteiger partial charge in [0.05, 0.1) is 66.7 Å². The van der Waals surface area contributed by atoms with Gasteiger partial charge < -0.3 is 4.42 Å². The number of benzene rings is 21. The molecule has 0 aliphatic rings. The van der Waals surface area contributed by atoms with Crippen molar-refractivity contribution in [3.63, 3.8) is 0 Å². The van der Waals surface area contributed by atoms with E-state index in [1.807, 2.05) is 59.1 Å². The predicted molar refractivity (Wildman–Crippen MR) is 611 cm³/mol. The van der Waals surface area contributed by atoms with Crippen LogP contribution in [0.4, 0.5) is 0 Å². The van der Waals surface area contributed by atoms with E-state index >= 15 is 0 Å². The summed E-state index contributed by atoms with van der Waals surface area (Å²) in [6.45, 7) is 0. The van der Waals surface area contributed by atoms with E-state index in [0.717, 1.165) is 132 Å². The number of nitrogens with zero attached hydrogens (tertiary/aromatic N) is 9. The van der Waals surface area contributed by atoms with Crippen molar-refractivity contribution in [1.82, 2.24) is 43.6 Å². The second kappa shape index (κ2) is 35.1. The van der Waals surface area contributed by atoms with Crippen molar-refractivity contribution in [2.45, 2.75) is 0 Å². The largest absolute Gasteiger partial charge is 0.456 e. The van der Waals surface area contributed by atoms with Gasteiger partial charge in [-0.25, -0.2) is 29.9 Å². The van der Waals surface area contributed by atoms with Crippen LogP contribution in [0.1, 0.15) is 0 Å². The van der Waals surface area contributed by atoms with Gasteiger partial charge in [-0.1, -0.05) is 400 Å². The fourth-order valence-corrected chi connectivity index (χ4v) is 29.1. The van der Waals surface area contributed by atoms with E-state index < -0.39 is 8.07 Å². The summed E-state index contributed by atoms with van der Waals surface area (Å²) in [4.78, 5) is 31.7. The lowest BCUT2D eigenvalue weighted by Gasteiger charge is -2.34. The molecule has 9 aromatic heterocycles. The van der Waals surface area contributed by atoms with Gasteiger partial charge >= 0.3 is 0 Å². The summed E-state index contributed by atoms with van der Waals surface area (Å²) in [5.74, 6) is 1.98. The Hall–Kier alpha value is -18.5. The number of rotatable bonds is 13. The molecule has 30 rings (SSSR count). The highest BCUT2D eigenvalue weighted by Crippen LogP contribution is 2.47. The summed E-state index contributed by atoms with van der Waals surface area (Å²) in [5, 5.41) is 22.7. The maximum atomic E-state index is 6.53. The number of hydrogen-bond donors (Lipinski definition) is 0. The van der Waals surface area contributed by atoms with Crippen molar-refractivity contribution in [2.24, 2.45) is 0 Å². The van der Waals surface area contributed by atoms with Gasteiger partial charge in [-0.3, -0.25) is 13.7 Å². The maximum absolute atomic E-state index is 6.53. The summed E-state index contributed by atoms with van der Waals surface area (Å²) in [6, 6.07) is 180. The van der Waals surface area contributed by atoms with Crippen LogP contribution in [0.25, 0.3) is 245 Å². The molecule has 0 bridgehead atoms. The lowest BCUT2D eigenvalue weighted by molar-refractivity contribution is 0.669. The second-order valence-electron chi connectivity index (χ2n) is 37.0. The fourth-order valence-electron chi connectivity index (χ4n) is 22.1. The van der Waals surface area contributed by atoms with Gasteiger partial charge in [0.25, 0.3) is 0 Å². The van der Waals surface area contributed by atoms with Crippen LogP contribution in [0.2, 0.25) is 0 Å². The molecule has 0 amide bonds. The first kappa shape index (κ1) is 84.6. The number of fused-ring (bicyclic) bond motifs is 21. The molecule has 0 radical (unpaired) electrons. The first-order valence-electron chi connectivity index (χ1n) is 48.9. The SMILES string of the molecule is c1ccc(-c2ccc(-c3nc(-n4c5ccc(-c6ccccc6)cc5c5cc6sc7ccccc7c6cc54)nc4ccccc34)cc2)cc1.c1ccc(-c2ccc3c(c2)c2cc4sc5ccccc5c4cc2n3-c2nc(-c3ccccc3)c3ccccc3n2)cc1.c1ccc(-c2nc(-n3c4ccc([Si](c5ccccc5)(c5ccccc5)c5ccccc5)cc4c4cc5oc6ccccc6c5cc43)nc3ccccc23)cc1. The van der Waals surface area contributed by atoms with Gasteiger partial charge in [0.15, 0.2) is 8.07 Å². The highest BCUT2D eigenvalue weighted by molar-refractivity contribution is 7.26. The minimum absolute atomic E-state index is 0.634. The van der Waals surface area contributed by atoms with Crippen molar-refractivity contribution in [2.75, 3.05) is 0 Å². The Bertz CT molecular complexity index is 10200. The standard InChI is InChI=1S/C50H33N3OSi.C44H27N3S.C38H23N3S/c1-5-17-34(18-6-1)49-40-26-13-15-27-44(40)51-50(52-49)53-45-30-29-38(31-41(45)42-33-48-43(32-46(42)53)39-25-14-16-28-47(39)54-48)55(35-19-7-2-8-20-35,36-21-9-3-10-22-36)37-23-11-4-12-24-37;1-3-11-28(12-4-1)30-19-21-31(22-20-30)43-34-16-7-9-17-38(34)45-44(46-43)47-39-24-23-32(29-13-5-2-6-14-29)25-35(39)36-27-42-37(26-40(36)47)33-15-8-10-18-41(33)48-42;1-3-11-24(12-4-1)26-19-20-33-29(21-26)30-23-36-31(27-15-8-10-18-35(27)42-36)22-34(30)41(33)38-39-32-17-9-7-16-28(32)37(40-38)25-13-5-2-6-14-25/h1-33H;1-27H;1-23H. The van der Waals surface area contributed by atoms with Crippen molar-refractivity contribution >= 4 is 212 Å². The Morgan fingerprint density at radius 3 is 0.869 bits per heavy atom. The Kier molecular flexibility index (Phi) is 20.5. The maximum Gasteiger partial charge on any atom is 0.235 e. The van der Waals surface area contributed by atoms with Gasteiger partial charge in [0.1, 0.15) is 11.2 Å². The van der Waals surface area contributed by atoms with Crippen LogP contribution in [0.5, 0.6) is 0 Å². The number of furan rings is 1. The van der Waals surface area contributed by atoms with Crippen molar-refractivity contribution in [3.8, 4) is 85.0 Å².